The van der Waals surface area contributed by atoms with E-state index in [1.165, 1.54) is 11.1 Å². The Morgan fingerprint density at radius 2 is 1.72 bits per heavy atom. The van der Waals surface area contributed by atoms with E-state index in [1.54, 1.807) is 0 Å². The number of ketones is 1. The lowest BCUT2D eigenvalue weighted by Gasteiger charge is -2.47. The van der Waals surface area contributed by atoms with Gasteiger partial charge >= 0.3 is 0 Å². The Bertz CT molecular complexity index is 563. The summed E-state index contributed by atoms with van der Waals surface area (Å²) in [6.45, 7) is 6.15. The molecule has 0 N–H and O–H groups in total. The summed E-state index contributed by atoms with van der Waals surface area (Å²) in [6.07, 6.45) is 6.55. The molecule has 2 atom stereocenters. The molecule has 0 amide bonds. The Balaban J connectivity index is 2.18. The maximum atomic E-state index is 12.7. The van der Waals surface area contributed by atoms with Crippen LogP contribution in [-0.4, -0.2) is 5.78 Å². The van der Waals surface area contributed by atoms with Gasteiger partial charge in [-0.25, -0.2) is 0 Å². The Kier molecular flexibility index (Phi) is 2.19. The number of allylic oxidation sites excluding steroid dienone is 4. The molecule has 0 saturated heterocycles. The first-order valence-corrected chi connectivity index (χ1v) is 6.48. The van der Waals surface area contributed by atoms with Crippen molar-refractivity contribution in [2.75, 3.05) is 0 Å². The van der Waals surface area contributed by atoms with E-state index >= 15 is 0 Å². The van der Waals surface area contributed by atoms with E-state index in [0.29, 0.717) is 5.78 Å². The minimum atomic E-state index is -0.459. The zero-order valence-corrected chi connectivity index (χ0v) is 11.1. The lowest BCUT2D eigenvalue weighted by Crippen LogP contribution is -2.48. The van der Waals surface area contributed by atoms with Gasteiger partial charge in [-0.1, -0.05) is 62.4 Å². The molecule has 0 heterocycles. The second-order valence-electron chi connectivity index (χ2n) is 6.08. The van der Waals surface area contributed by atoms with Crippen molar-refractivity contribution in [3.63, 3.8) is 0 Å². The Hall–Kier alpha value is -1.63. The summed E-state index contributed by atoms with van der Waals surface area (Å²) in [5.41, 5.74) is 1.60. The van der Waals surface area contributed by atoms with Gasteiger partial charge in [0.25, 0.3) is 0 Å². The van der Waals surface area contributed by atoms with Crippen LogP contribution in [0.4, 0.5) is 0 Å². The Morgan fingerprint density at radius 3 is 2.39 bits per heavy atom. The molecule has 4 rings (SSSR count). The summed E-state index contributed by atoms with van der Waals surface area (Å²) in [5.74, 6) is 0.561. The molecular formula is C17H18O. The average molecular weight is 238 g/mol. The van der Waals surface area contributed by atoms with E-state index in [2.05, 4.69) is 44.2 Å². The SMILES string of the molecule is CC12C=CC(C=C1c1ccccc1)C(C)(C)C2=O. The van der Waals surface area contributed by atoms with Crippen molar-refractivity contribution >= 4 is 11.4 Å². The van der Waals surface area contributed by atoms with Crippen LogP contribution in [-0.2, 0) is 4.79 Å². The van der Waals surface area contributed by atoms with E-state index in [0.717, 1.165) is 0 Å². The highest BCUT2D eigenvalue weighted by molar-refractivity contribution is 6.06. The quantitative estimate of drug-likeness (QED) is 0.679. The van der Waals surface area contributed by atoms with Crippen LogP contribution in [0.2, 0.25) is 0 Å². The van der Waals surface area contributed by atoms with Crippen LogP contribution in [0.15, 0.2) is 48.6 Å². The molecule has 1 aromatic carbocycles. The first-order valence-electron chi connectivity index (χ1n) is 6.48. The second-order valence-corrected chi connectivity index (χ2v) is 6.08. The maximum absolute atomic E-state index is 12.7. The lowest BCUT2D eigenvalue weighted by atomic mass is 9.54. The number of Topliss-reactive ketones (excluding diaryl/α,β-unsaturated/α-hetero) is 1. The molecule has 1 heteroatoms. The molecule has 2 unspecified atom stereocenters. The summed E-state index contributed by atoms with van der Waals surface area (Å²) >= 11 is 0. The fourth-order valence-electron chi connectivity index (χ4n) is 3.28. The van der Waals surface area contributed by atoms with E-state index < -0.39 is 5.41 Å². The van der Waals surface area contributed by atoms with Gasteiger partial charge in [-0.2, -0.15) is 0 Å². The van der Waals surface area contributed by atoms with Crippen LogP contribution in [0.1, 0.15) is 26.3 Å². The van der Waals surface area contributed by atoms with Crippen LogP contribution in [0.3, 0.4) is 0 Å². The number of carbonyl (C=O) groups excluding carboxylic acids is 1. The summed E-state index contributed by atoms with van der Waals surface area (Å²) in [5, 5.41) is 0. The van der Waals surface area contributed by atoms with Crippen molar-refractivity contribution in [3.8, 4) is 0 Å². The van der Waals surface area contributed by atoms with E-state index in [4.69, 9.17) is 0 Å². The molecular weight excluding hydrogens is 220 g/mol. The third kappa shape index (κ3) is 1.30. The van der Waals surface area contributed by atoms with Gasteiger partial charge in [-0.3, -0.25) is 4.79 Å². The van der Waals surface area contributed by atoms with E-state index in [9.17, 15) is 4.79 Å². The molecule has 0 radical (unpaired) electrons. The number of benzene rings is 1. The highest BCUT2D eigenvalue weighted by Crippen LogP contribution is 2.54. The number of hydrogen-bond donors (Lipinski definition) is 0. The molecule has 18 heavy (non-hydrogen) atoms. The molecule has 3 aliphatic carbocycles. The van der Waals surface area contributed by atoms with Crippen molar-refractivity contribution in [1.29, 1.82) is 0 Å². The topological polar surface area (TPSA) is 17.1 Å². The van der Waals surface area contributed by atoms with Gasteiger partial charge in [0.15, 0.2) is 5.78 Å². The van der Waals surface area contributed by atoms with Crippen LogP contribution >= 0.6 is 0 Å². The fourth-order valence-corrected chi connectivity index (χ4v) is 3.28. The maximum Gasteiger partial charge on any atom is 0.153 e. The van der Waals surface area contributed by atoms with Gasteiger partial charge in [0.2, 0.25) is 0 Å². The van der Waals surface area contributed by atoms with Crippen LogP contribution < -0.4 is 0 Å². The average Bonchev–Trinajstić information content (AvgIpc) is 2.37. The van der Waals surface area contributed by atoms with E-state index in [1.807, 2.05) is 25.1 Å². The molecule has 0 aromatic heterocycles. The molecule has 0 saturated carbocycles. The van der Waals surface area contributed by atoms with Crippen molar-refractivity contribution in [2.45, 2.75) is 20.8 Å². The van der Waals surface area contributed by atoms with Crippen molar-refractivity contribution in [1.82, 2.24) is 0 Å². The van der Waals surface area contributed by atoms with Crippen molar-refractivity contribution < 1.29 is 4.79 Å². The molecule has 1 aromatic rings. The number of hydrogen-bond acceptors (Lipinski definition) is 1. The predicted molar refractivity (Wildman–Crippen MR) is 73.9 cm³/mol. The van der Waals surface area contributed by atoms with Crippen LogP contribution in [0.25, 0.3) is 5.57 Å². The van der Waals surface area contributed by atoms with Crippen LogP contribution in [0.5, 0.6) is 0 Å². The van der Waals surface area contributed by atoms with Crippen molar-refractivity contribution in [2.24, 2.45) is 16.7 Å². The lowest BCUT2D eigenvalue weighted by molar-refractivity contribution is -0.134. The summed E-state index contributed by atoms with van der Waals surface area (Å²) in [6, 6.07) is 10.2. The van der Waals surface area contributed by atoms with E-state index in [-0.39, 0.29) is 11.3 Å². The number of carbonyl (C=O) groups is 1. The summed E-state index contributed by atoms with van der Waals surface area (Å²) in [4.78, 5) is 12.7. The third-order valence-electron chi connectivity index (χ3n) is 4.52. The van der Waals surface area contributed by atoms with Gasteiger partial charge in [-0.15, -0.1) is 0 Å². The fraction of sp³-hybridized carbons (Fsp3) is 0.353. The third-order valence-corrected chi connectivity index (χ3v) is 4.52. The molecule has 0 spiro atoms. The second kappa shape index (κ2) is 3.44. The van der Waals surface area contributed by atoms with Gasteiger partial charge in [-0.05, 0) is 18.1 Å². The summed E-state index contributed by atoms with van der Waals surface area (Å²) < 4.78 is 0. The van der Waals surface area contributed by atoms with Gasteiger partial charge in [0, 0.05) is 11.3 Å². The minimum absolute atomic E-state index is 0.224. The normalized spacial score (nSPS) is 32.5. The predicted octanol–water partition coefficient (Wildman–Crippen LogP) is 3.87. The smallest absolute Gasteiger partial charge is 0.153 e. The Morgan fingerprint density at radius 1 is 1.06 bits per heavy atom. The van der Waals surface area contributed by atoms with Gasteiger partial charge in [0.1, 0.15) is 0 Å². The first-order chi connectivity index (χ1) is 8.46. The molecule has 1 nitrogen and oxygen atoms in total. The zero-order chi connectivity index (χ0) is 13.0. The Labute approximate surface area is 108 Å². The standard InChI is InChI=1S/C17H18O/c1-16(2)13-9-10-17(3,15(16)18)14(11-13)12-7-5-4-6-8-12/h4-11,13H,1-3H3. The van der Waals surface area contributed by atoms with Crippen LogP contribution in [0, 0.1) is 16.7 Å². The molecule has 92 valence electrons. The van der Waals surface area contributed by atoms with Gasteiger partial charge < -0.3 is 0 Å². The zero-order valence-electron chi connectivity index (χ0n) is 11.1. The molecule has 2 bridgehead atoms. The summed E-state index contributed by atoms with van der Waals surface area (Å²) in [7, 11) is 0. The molecule has 3 aliphatic rings. The highest BCUT2D eigenvalue weighted by Gasteiger charge is 2.52. The highest BCUT2D eigenvalue weighted by atomic mass is 16.1. The largest absolute Gasteiger partial charge is 0.298 e. The minimum Gasteiger partial charge on any atom is -0.298 e. The molecule has 0 fully saturated rings. The monoisotopic (exact) mass is 238 g/mol. The van der Waals surface area contributed by atoms with Gasteiger partial charge in [0.05, 0.1) is 5.41 Å². The molecule has 0 aliphatic heterocycles. The number of rotatable bonds is 1. The van der Waals surface area contributed by atoms with Crippen molar-refractivity contribution in [3.05, 3.63) is 54.1 Å². The number of fused-ring (bicyclic) bond motifs is 1. The first kappa shape index (κ1) is 11.5.